The number of H-pyrrole nitrogens is 2. The van der Waals surface area contributed by atoms with E-state index in [4.69, 9.17) is 4.74 Å². The molecule has 1 aromatic heterocycles. The first-order valence-electron chi connectivity index (χ1n) is 6.28. The van der Waals surface area contributed by atoms with E-state index in [1.54, 1.807) is 7.11 Å². The number of hydrogen-bond donors (Lipinski definition) is 2. The monoisotopic (exact) mass is 410 g/mol. The number of alkyl halides is 1. The molecule has 0 bridgehead atoms. The van der Waals surface area contributed by atoms with Gasteiger partial charge in [0.05, 0.1) is 27.4 Å². The lowest BCUT2D eigenvalue weighted by molar-refractivity contribution is 0.412. The summed E-state index contributed by atoms with van der Waals surface area (Å²) in [6, 6.07) is 11.8. The lowest BCUT2D eigenvalue weighted by Gasteiger charge is -2.13. The quantitative estimate of drug-likeness (QED) is 0.637. The molecule has 1 unspecified atom stereocenters. The number of benzene rings is 2. The number of nitrogens with one attached hydrogen (secondary N) is 2. The predicted octanol–water partition coefficient (Wildman–Crippen LogP) is 4.11. The smallest absolute Gasteiger partial charge is 0.323 e. The van der Waals surface area contributed by atoms with Gasteiger partial charge in [-0.15, -0.1) is 0 Å². The molecule has 0 radical (unpaired) electrons. The highest BCUT2D eigenvalue weighted by Gasteiger charge is 2.13. The van der Waals surface area contributed by atoms with E-state index in [9.17, 15) is 4.79 Å². The van der Waals surface area contributed by atoms with Gasteiger partial charge in [-0.05, 0) is 51.3 Å². The first kappa shape index (κ1) is 14.4. The Hall–Kier alpha value is -1.53. The van der Waals surface area contributed by atoms with Gasteiger partial charge < -0.3 is 14.7 Å². The van der Waals surface area contributed by atoms with Crippen LogP contribution in [0.5, 0.6) is 5.75 Å². The number of aromatic nitrogens is 2. The average Bonchev–Trinajstić information content (AvgIpc) is 2.85. The number of ether oxygens (including phenoxy) is 1. The minimum atomic E-state index is -0.194. The molecule has 1 atom stereocenters. The van der Waals surface area contributed by atoms with Crippen LogP contribution in [-0.4, -0.2) is 17.1 Å². The van der Waals surface area contributed by atoms with Crippen molar-refractivity contribution >= 4 is 42.9 Å². The summed E-state index contributed by atoms with van der Waals surface area (Å²) in [5.74, 6) is 0.795. The molecule has 6 heteroatoms. The number of hydrogen-bond acceptors (Lipinski definition) is 2. The van der Waals surface area contributed by atoms with Crippen LogP contribution in [0.4, 0.5) is 0 Å². The molecule has 108 valence electrons. The third-order valence-corrected chi connectivity index (χ3v) is 4.98. The van der Waals surface area contributed by atoms with E-state index >= 15 is 0 Å². The van der Waals surface area contributed by atoms with Crippen molar-refractivity contribution < 1.29 is 4.74 Å². The van der Waals surface area contributed by atoms with Crippen LogP contribution in [-0.2, 0) is 0 Å². The maximum absolute atomic E-state index is 11.3. The molecule has 2 aromatic carbocycles. The molecule has 21 heavy (non-hydrogen) atoms. The van der Waals surface area contributed by atoms with Crippen LogP contribution in [0.25, 0.3) is 11.0 Å². The first-order chi connectivity index (χ1) is 10.1. The molecule has 0 saturated heterocycles. The Labute approximate surface area is 137 Å². The van der Waals surface area contributed by atoms with Gasteiger partial charge in [-0.2, -0.15) is 0 Å². The molecule has 2 N–H and O–H groups in total. The van der Waals surface area contributed by atoms with E-state index < -0.39 is 0 Å². The third-order valence-electron chi connectivity index (χ3n) is 3.30. The molecule has 0 aliphatic rings. The fourth-order valence-electron chi connectivity index (χ4n) is 2.24. The highest BCUT2D eigenvalue weighted by atomic mass is 79.9. The molecule has 0 spiro atoms. The van der Waals surface area contributed by atoms with E-state index in [2.05, 4.69) is 41.8 Å². The lowest BCUT2D eigenvalue weighted by Crippen LogP contribution is -1.99. The Morgan fingerprint density at radius 1 is 1.05 bits per heavy atom. The van der Waals surface area contributed by atoms with Gasteiger partial charge in [0.15, 0.2) is 0 Å². The Balaban J connectivity index is 2.00. The molecule has 0 fully saturated rings. The Kier molecular flexibility index (Phi) is 3.91. The molecule has 3 rings (SSSR count). The topological polar surface area (TPSA) is 57.9 Å². The zero-order valence-electron chi connectivity index (χ0n) is 11.1. The fourth-order valence-corrected chi connectivity index (χ4v) is 3.37. The number of aromatic amines is 2. The van der Waals surface area contributed by atoms with Crippen LogP contribution < -0.4 is 10.4 Å². The molecule has 3 aromatic rings. The second-order valence-corrected chi connectivity index (χ2v) is 6.41. The molecule has 0 saturated carbocycles. The van der Waals surface area contributed by atoms with Crippen molar-refractivity contribution in [1.29, 1.82) is 0 Å². The summed E-state index contributed by atoms with van der Waals surface area (Å²) in [4.78, 5) is 16.9. The van der Waals surface area contributed by atoms with Gasteiger partial charge in [0.2, 0.25) is 0 Å². The Morgan fingerprint density at radius 3 is 2.43 bits per heavy atom. The zero-order chi connectivity index (χ0) is 15.0. The maximum Gasteiger partial charge on any atom is 0.323 e. The lowest BCUT2D eigenvalue weighted by atomic mass is 10.0. The summed E-state index contributed by atoms with van der Waals surface area (Å²) in [5, 5.41) is 0. The minimum absolute atomic E-state index is 0.0301. The molecule has 1 heterocycles. The summed E-state index contributed by atoms with van der Waals surface area (Å²) in [5.41, 5.74) is 3.57. The SMILES string of the molecule is COc1ccc(C(Br)c2ccc3[nH]c(=O)[nH]c3c2)cc1Br. The van der Waals surface area contributed by atoms with Crippen LogP contribution in [0.1, 0.15) is 16.0 Å². The summed E-state index contributed by atoms with van der Waals surface area (Å²) in [7, 11) is 1.64. The van der Waals surface area contributed by atoms with Crippen molar-refractivity contribution in [3.05, 3.63) is 62.5 Å². The Morgan fingerprint density at radius 2 is 1.71 bits per heavy atom. The number of methoxy groups -OCH3 is 1. The number of imidazole rings is 1. The maximum atomic E-state index is 11.3. The minimum Gasteiger partial charge on any atom is -0.496 e. The highest BCUT2D eigenvalue weighted by Crippen LogP contribution is 2.35. The number of halogens is 2. The van der Waals surface area contributed by atoms with Gasteiger partial charge in [-0.3, -0.25) is 0 Å². The standard InChI is InChI=1S/C15H12Br2N2O2/c1-21-13-5-3-8(6-10(13)16)14(17)9-2-4-11-12(7-9)19-15(20)18-11/h2-7,14H,1H3,(H2,18,19,20). The fraction of sp³-hybridized carbons (Fsp3) is 0.133. The van der Waals surface area contributed by atoms with Gasteiger partial charge in [-0.25, -0.2) is 4.79 Å². The van der Waals surface area contributed by atoms with Crippen molar-refractivity contribution in [1.82, 2.24) is 9.97 Å². The summed E-state index contributed by atoms with van der Waals surface area (Å²) >= 11 is 7.20. The molecular weight excluding hydrogens is 400 g/mol. The van der Waals surface area contributed by atoms with E-state index in [0.29, 0.717) is 0 Å². The highest BCUT2D eigenvalue weighted by molar-refractivity contribution is 9.10. The van der Waals surface area contributed by atoms with Crippen molar-refractivity contribution in [3.63, 3.8) is 0 Å². The van der Waals surface area contributed by atoms with Crippen LogP contribution in [0, 0.1) is 0 Å². The van der Waals surface area contributed by atoms with Gasteiger partial charge >= 0.3 is 5.69 Å². The molecule has 0 amide bonds. The molecular formula is C15H12Br2N2O2. The van der Waals surface area contributed by atoms with Crippen molar-refractivity contribution in [2.45, 2.75) is 4.83 Å². The van der Waals surface area contributed by atoms with E-state index in [1.807, 2.05) is 36.4 Å². The van der Waals surface area contributed by atoms with Gasteiger partial charge in [0, 0.05) is 0 Å². The predicted molar refractivity (Wildman–Crippen MR) is 90.4 cm³/mol. The van der Waals surface area contributed by atoms with Crippen LogP contribution in [0.3, 0.4) is 0 Å². The van der Waals surface area contributed by atoms with Gasteiger partial charge in [-0.1, -0.05) is 28.1 Å². The van der Waals surface area contributed by atoms with Gasteiger partial charge in [0.25, 0.3) is 0 Å². The van der Waals surface area contributed by atoms with E-state index in [1.165, 1.54) is 0 Å². The van der Waals surface area contributed by atoms with Crippen molar-refractivity contribution in [2.24, 2.45) is 0 Å². The largest absolute Gasteiger partial charge is 0.496 e. The molecule has 0 aliphatic carbocycles. The third kappa shape index (κ3) is 2.78. The Bertz CT molecular complexity index is 854. The average molecular weight is 412 g/mol. The molecule has 0 aliphatic heterocycles. The van der Waals surface area contributed by atoms with E-state index in [0.717, 1.165) is 32.4 Å². The summed E-state index contributed by atoms with van der Waals surface area (Å²) < 4.78 is 6.15. The zero-order valence-corrected chi connectivity index (χ0v) is 14.3. The van der Waals surface area contributed by atoms with Crippen LogP contribution in [0.2, 0.25) is 0 Å². The summed E-state index contributed by atoms with van der Waals surface area (Å²) in [6.07, 6.45) is 0. The summed E-state index contributed by atoms with van der Waals surface area (Å²) in [6.45, 7) is 0. The van der Waals surface area contributed by atoms with Crippen LogP contribution in [0.15, 0.2) is 45.7 Å². The first-order valence-corrected chi connectivity index (χ1v) is 7.99. The van der Waals surface area contributed by atoms with E-state index in [-0.39, 0.29) is 10.5 Å². The second-order valence-electron chi connectivity index (χ2n) is 4.64. The van der Waals surface area contributed by atoms with Crippen molar-refractivity contribution in [2.75, 3.05) is 7.11 Å². The number of rotatable bonds is 3. The second kappa shape index (κ2) is 5.69. The molecule has 4 nitrogen and oxygen atoms in total. The normalized spacial score (nSPS) is 12.5. The number of fused-ring (bicyclic) bond motifs is 1. The van der Waals surface area contributed by atoms with Gasteiger partial charge in [0.1, 0.15) is 5.75 Å². The van der Waals surface area contributed by atoms with Crippen LogP contribution >= 0.6 is 31.9 Å². The van der Waals surface area contributed by atoms with Crippen molar-refractivity contribution in [3.8, 4) is 5.75 Å².